The molecule has 1 aromatic rings. The third-order valence-electron chi connectivity index (χ3n) is 1.82. The van der Waals surface area contributed by atoms with Gasteiger partial charge >= 0.3 is 12.1 Å². The van der Waals surface area contributed by atoms with Gasteiger partial charge in [0, 0.05) is 15.1 Å². The van der Waals surface area contributed by atoms with Crippen molar-refractivity contribution < 1.29 is 23.1 Å². The molecule has 0 fully saturated rings. The number of carbonyl (C=O) groups is 1. The third kappa shape index (κ3) is 4.59. The summed E-state index contributed by atoms with van der Waals surface area (Å²) < 4.78 is 38.3. The van der Waals surface area contributed by atoms with E-state index >= 15 is 0 Å². The van der Waals surface area contributed by atoms with Crippen molar-refractivity contribution in [1.82, 2.24) is 0 Å². The zero-order valence-corrected chi connectivity index (χ0v) is 10.8. The molecule has 0 radical (unpaired) electrons. The van der Waals surface area contributed by atoms with Crippen molar-refractivity contribution in [3.8, 4) is 0 Å². The monoisotopic (exact) mass is 328 g/mol. The summed E-state index contributed by atoms with van der Waals surface area (Å²) in [6.07, 6.45) is -4.60. The summed E-state index contributed by atoms with van der Waals surface area (Å²) in [5.41, 5.74) is -0.748. The largest absolute Gasteiger partial charge is 0.481 e. The van der Waals surface area contributed by atoms with Crippen LogP contribution in [0.1, 0.15) is 12.0 Å². The Hall–Kier alpha value is -0.690. The van der Waals surface area contributed by atoms with Gasteiger partial charge in [0.25, 0.3) is 0 Å². The van der Waals surface area contributed by atoms with Gasteiger partial charge in [0.15, 0.2) is 0 Å². The number of carboxylic acid groups (broad SMARTS) is 1. The van der Waals surface area contributed by atoms with Gasteiger partial charge in [0.1, 0.15) is 0 Å². The normalized spacial score (nSPS) is 11.5. The second kappa shape index (κ2) is 5.77. The van der Waals surface area contributed by atoms with Gasteiger partial charge in [-0.05, 0) is 18.2 Å². The Morgan fingerprint density at radius 1 is 1.41 bits per heavy atom. The van der Waals surface area contributed by atoms with Crippen LogP contribution in [-0.4, -0.2) is 16.8 Å². The number of hydrogen-bond acceptors (Lipinski definition) is 2. The highest BCUT2D eigenvalue weighted by atomic mass is 79.9. The summed E-state index contributed by atoms with van der Waals surface area (Å²) >= 11 is 3.87. The molecule has 0 heterocycles. The SMILES string of the molecule is O=C(O)CCSc1ccc(Br)cc1C(F)(F)F. The van der Waals surface area contributed by atoms with Crippen molar-refractivity contribution in [2.45, 2.75) is 17.5 Å². The lowest BCUT2D eigenvalue weighted by molar-refractivity contribution is -0.139. The third-order valence-corrected chi connectivity index (χ3v) is 3.39. The van der Waals surface area contributed by atoms with E-state index in [0.717, 1.165) is 17.8 Å². The van der Waals surface area contributed by atoms with E-state index in [9.17, 15) is 18.0 Å². The van der Waals surface area contributed by atoms with E-state index in [1.165, 1.54) is 12.1 Å². The first-order valence-electron chi connectivity index (χ1n) is 4.52. The maximum Gasteiger partial charge on any atom is 0.417 e. The van der Waals surface area contributed by atoms with E-state index in [0.29, 0.717) is 4.47 Å². The van der Waals surface area contributed by atoms with E-state index in [1.54, 1.807) is 0 Å². The molecule has 0 atom stereocenters. The van der Waals surface area contributed by atoms with Gasteiger partial charge in [-0.15, -0.1) is 11.8 Å². The molecule has 0 amide bonds. The molecule has 0 aromatic heterocycles. The molecule has 2 nitrogen and oxygen atoms in total. The van der Waals surface area contributed by atoms with Gasteiger partial charge in [0.2, 0.25) is 0 Å². The van der Waals surface area contributed by atoms with Crippen LogP contribution in [0.25, 0.3) is 0 Å². The molecule has 1 aromatic carbocycles. The van der Waals surface area contributed by atoms with Crippen molar-refractivity contribution in [3.05, 3.63) is 28.2 Å². The minimum atomic E-state index is -4.44. The topological polar surface area (TPSA) is 37.3 Å². The van der Waals surface area contributed by atoms with E-state index in [2.05, 4.69) is 15.9 Å². The second-order valence-electron chi connectivity index (χ2n) is 3.13. The second-order valence-corrected chi connectivity index (χ2v) is 5.18. The Kier molecular flexibility index (Phi) is 4.88. The maximum atomic E-state index is 12.7. The maximum absolute atomic E-state index is 12.7. The van der Waals surface area contributed by atoms with Gasteiger partial charge in [-0.25, -0.2) is 0 Å². The van der Waals surface area contributed by atoms with Gasteiger partial charge in [-0.3, -0.25) is 4.79 Å². The van der Waals surface area contributed by atoms with Gasteiger partial charge in [-0.2, -0.15) is 13.2 Å². The number of carboxylic acids is 1. The summed E-state index contributed by atoms with van der Waals surface area (Å²) in [5, 5.41) is 8.42. The molecular weight excluding hydrogens is 321 g/mol. The quantitative estimate of drug-likeness (QED) is 0.848. The highest BCUT2D eigenvalue weighted by Gasteiger charge is 2.33. The summed E-state index contributed by atoms with van der Waals surface area (Å²) in [6, 6.07) is 3.82. The lowest BCUT2D eigenvalue weighted by atomic mass is 10.2. The Bertz CT molecular complexity index is 421. The number of alkyl halides is 3. The molecule has 0 bridgehead atoms. The Morgan fingerprint density at radius 3 is 2.59 bits per heavy atom. The lowest BCUT2D eigenvalue weighted by Crippen LogP contribution is -2.07. The van der Waals surface area contributed by atoms with Crippen molar-refractivity contribution in [3.63, 3.8) is 0 Å². The number of rotatable bonds is 4. The van der Waals surface area contributed by atoms with Crippen LogP contribution in [0.15, 0.2) is 27.6 Å². The smallest absolute Gasteiger partial charge is 0.417 e. The minimum Gasteiger partial charge on any atom is -0.481 e. The van der Waals surface area contributed by atoms with Crippen molar-refractivity contribution in [2.24, 2.45) is 0 Å². The molecule has 0 saturated heterocycles. The Morgan fingerprint density at radius 2 is 2.06 bits per heavy atom. The average Bonchev–Trinajstić information content (AvgIpc) is 2.18. The fourth-order valence-corrected chi connectivity index (χ4v) is 2.45. The Labute approximate surface area is 108 Å². The van der Waals surface area contributed by atoms with E-state index in [4.69, 9.17) is 5.11 Å². The zero-order valence-electron chi connectivity index (χ0n) is 8.42. The van der Waals surface area contributed by atoms with E-state index in [1.807, 2.05) is 0 Å². The van der Waals surface area contributed by atoms with Crippen LogP contribution in [0.5, 0.6) is 0 Å². The minimum absolute atomic E-state index is 0.0435. The molecular formula is C10H8BrF3O2S. The van der Waals surface area contributed by atoms with Crippen molar-refractivity contribution in [2.75, 3.05) is 5.75 Å². The first-order valence-corrected chi connectivity index (χ1v) is 6.30. The Balaban J connectivity index is 2.87. The first-order chi connectivity index (χ1) is 7.80. The zero-order chi connectivity index (χ0) is 13.1. The molecule has 0 aliphatic rings. The lowest BCUT2D eigenvalue weighted by Gasteiger charge is -2.12. The molecule has 94 valence electrons. The van der Waals surface area contributed by atoms with Crippen LogP contribution in [0.4, 0.5) is 13.2 Å². The fraction of sp³-hybridized carbons (Fsp3) is 0.300. The van der Waals surface area contributed by atoms with Crippen LogP contribution in [-0.2, 0) is 11.0 Å². The highest BCUT2D eigenvalue weighted by Crippen LogP contribution is 2.38. The molecule has 0 aliphatic carbocycles. The van der Waals surface area contributed by atoms with Crippen LogP contribution >= 0.6 is 27.7 Å². The van der Waals surface area contributed by atoms with Crippen molar-refractivity contribution in [1.29, 1.82) is 0 Å². The molecule has 0 aliphatic heterocycles. The molecule has 0 spiro atoms. The molecule has 1 N–H and O–H groups in total. The van der Waals surface area contributed by atoms with Crippen molar-refractivity contribution >= 4 is 33.7 Å². The van der Waals surface area contributed by atoms with Gasteiger partial charge in [0.05, 0.1) is 12.0 Å². The molecule has 0 unspecified atom stereocenters. The summed E-state index contributed by atoms with van der Waals surface area (Å²) in [4.78, 5) is 10.3. The highest BCUT2D eigenvalue weighted by molar-refractivity contribution is 9.10. The van der Waals surface area contributed by atoms with Crippen LogP contribution in [0.3, 0.4) is 0 Å². The first kappa shape index (κ1) is 14.4. The van der Waals surface area contributed by atoms with Gasteiger partial charge in [-0.1, -0.05) is 15.9 Å². The van der Waals surface area contributed by atoms with Crippen LogP contribution in [0.2, 0.25) is 0 Å². The molecule has 17 heavy (non-hydrogen) atoms. The molecule has 1 rings (SSSR count). The predicted molar refractivity (Wildman–Crippen MR) is 62.1 cm³/mol. The average molecular weight is 329 g/mol. The number of benzene rings is 1. The number of halogens is 4. The molecule has 7 heteroatoms. The number of aliphatic carboxylic acids is 1. The predicted octanol–water partition coefficient (Wildman–Crippen LogP) is 4.03. The fourth-order valence-electron chi connectivity index (χ4n) is 1.10. The standard InChI is InChI=1S/C10H8BrF3O2S/c11-6-1-2-8(17-4-3-9(15)16)7(5-6)10(12,13)14/h1-2,5H,3-4H2,(H,15,16). The number of hydrogen-bond donors (Lipinski definition) is 1. The van der Waals surface area contributed by atoms with Crippen LogP contribution in [0, 0.1) is 0 Å². The summed E-state index contributed by atoms with van der Waals surface area (Å²) in [5.74, 6) is -0.914. The van der Waals surface area contributed by atoms with Crippen LogP contribution < -0.4 is 0 Å². The summed E-state index contributed by atoms with van der Waals surface area (Å²) in [6.45, 7) is 0. The summed E-state index contributed by atoms with van der Waals surface area (Å²) in [7, 11) is 0. The van der Waals surface area contributed by atoms with E-state index in [-0.39, 0.29) is 17.1 Å². The molecule has 0 saturated carbocycles. The number of thioether (sulfide) groups is 1. The van der Waals surface area contributed by atoms with Gasteiger partial charge < -0.3 is 5.11 Å². The van der Waals surface area contributed by atoms with E-state index < -0.39 is 17.7 Å².